The normalized spacial score (nSPS) is 16.1. The summed E-state index contributed by atoms with van der Waals surface area (Å²) in [5.41, 5.74) is 0.730. The second-order valence-electron chi connectivity index (χ2n) is 4.58. The summed E-state index contributed by atoms with van der Waals surface area (Å²) < 4.78 is 39.3. The standard InChI is InChI=1S/C14H9FINO3S/c15-10-3-1-9(2-4-10)8-17-14(18)12-6-5-11(16)7-13(12)21(17,19)20/h1-7H,8H2. The maximum atomic E-state index is 12.9. The van der Waals surface area contributed by atoms with Crippen LogP contribution in [0.3, 0.4) is 0 Å². The van der Waals surface area contributed by atoms with Gasteiger partial charge in [0, 0.05) is 3.57 Å². The number of halogens is 2. The van der Waals surface area contributed by atoms with Crippen molar-refractivity contribution in [2.45, 2.75) is 11.4 Å². The minimum absolute atomic E-state index is 0.0292. The highest BCUT2D eigenvalue weighted by Crippen LogP contribution is 2.32. The lowest BCUT2D eigenvalue weighted by Gasteiger charge is -2.15. The lowest BCUT2D eigenvalue weighted by molar-refractivity contribution is 0.0865. The molecule has 1 aliphatic heterocycles. The van der Waals surface area contributed by atoms with E-state index in [1.165, 1.54) is 36.4 Å². The molecule has 2 aromatic carbocycles. The molecule has 0 bridgehead atoms. The minimum atomic E-state index is -3.84. The molecule has 2 aromatic rings. The molecule has 0 radical (unpaired) electrons. The smallest absolute Gasteiger partial charge is 0.268 e. The summed E-state index contributed by atoms with van der Waals surface area (Å²) in [6, 6.07) is 10.1. The van der Waals surface area contributed by atoms with Crippen molar-refractivity contribution in [2.75, 3.05) is 0 Å². The summed E-state index contributed by atoms with van der Waals surface area (Å²) >= 11 is 2.00. The number of carbonyl (C=O) groups is 1. The van der Waals surface area contributed by atoms with Gasteiger partial charge in [0.2, 0.25) is 0 Å². The molecule has 0 spiro atoms. The van der Waals surface area contributed by atoms with Gasteiger partial charge in [-0.3, -0.25) is 4.79 Å². The molecular formula is C14H9FINO3S. The molecule has 0 aromatic heterocycles. The number of nitrogens with zero attached hydrogens (tertiary/aromatic N) is 1. The third-order valence-corrected chi connectivity index (χ3v) is 5.65. The number of rotatable bonds is 2. The van der Waals surface area contributed by atoms with Gasteiger partial charge in [0.05, 0.1) is 12.1 Å². The van der Waals surface area contributed by atoms with Crippen molar-refractivity contribution >= 4 is 38.5 Å². The highest BCUT2D eigenvalue weighted by atomic mass is 127. The molecule has 0 saturated carbocycles. The molecule has 1 heterocycles. The second kappa shape index (κ2) is 5.06. The fourth-order valence-corrected chi connectivity index (χ4v) is 4.45. The lowest BCUT2D eigenvalue weighted by atomic mass is 10.2. The van der Waals surface area contributed by atoms with E-state index >= 15 is 0 Å². The largest absolute Gasteiger partial charge is 0.269 e. The Morgan fingerprint density at radius 2 is 1.76 bits per heavy atom. The predicted octanol–water partition coefficient (Wildman–Crippen LogP) is 2.78. The maximum Gasteiger partial charge on any atom is 0.269 e. The van der Waals surface area contributed by atoms with Crippen LogP contribution in [-0.2, 0) is 16.6 Å². The Bertz CT molecular complexity index is 834. The summed E-state index contributed by atoms with van der Waals surface area (Å²) in [4.78, 5) is 12.3. The second-order valence-corrected chi connectivity index (χ2v) is 7.66. The third-order valence-electron chi connectivity index (χ3n) is 3.21. The van der Waals surface area contributed by atoms with Gasteiger partial charge in [-0.1, -0.05) is 12.1 Å². The first-order valence-electron chi connectivity index (χ1n) is 6.00. The summed E-state index contributed by atoms with van der Waals surface area (Å²) in [6.07, 6.45) is 0. The number of sulfonamides is 1. The van der Waals surface area contributed by atoms with Gasteiger partial charge in [0.1, 0.15) is 10.7 Å². The van der Waals surface area contributed by atoms with Gasteiger partial charge >= 0.3 is 0 Å². The fourth-order valence-electron chi connectivity index (χ4n) is 2.16. The van der Waals surface area contributed by atoms with E-state index in [9.17, 15) is 17.6 Å². The fraction of sp³-hybridized carbons (Fsp3) is 0.0714. The number of amides is 1. The number of carbonyl (C=O) groups excluding carboxylic acids is 1. The van der Waals surface area contributed by atoms with Crippen LogP contribution in [0.25, 0.3) is 0 Å². The first-order valence-corrected chi connectivity index (χ1v) is 8.52. The molecule has 21 heavy (non-hydrogen) atoms. The summed E-state index contributed by atoms with van der Waals surface area (Å²) in [7, 11) is -3.84. The molecule has 108 valence electrons. The van der Waals surface area contributed by atoms with Crippen LogP contribution in [0.2, 0.25) is 0 Å². The highest BCUT2D eigenvalue weighted by Gasteiger charge is 2.41. The molecule has 0 fully saturated rings. The van der Waals surface area contributed by atoms with Gasteiger partial charge < -0.3 is 0 Å². The Balaban J connectivity index is 2.02. The molecule has 7 heteroatoms. The van der Waals surface area contributed by atoms with Crippen LogP contribution in [-0.4, -0.2) is 18.6 Å². The molecule has 4 nitrogen and oxygen atoms in total. The number of hydrogen-bond acceptors (Lipinski definition) is 3. The molecule has 3 rings (SSSR count). The van der Waals surface area contributed by atoms with Crippen LogP contribution in [0.1, 0.15) is 15.9 Å². The van der Waals surface area contributed by atoms with Crippen molar-refractivity contribution in [3.05, 3.63) is 63.0 Å². The van der Waals surface area contributed by atoms with Gasteiger partial charge in [0.15, 0.2) is 0 Å². The minimum Gasteiger partial charge on any atom is -0.268 e. The van der Waals surface area contributed by atoms with Crippen molar-refractivity contribution < 1.29 is 17.6 Å². The number of fused-ring (bicyclic) bond motifs is 1. The zero-order chi connectivity index (χ0) is 15.2. The topological polar surface area (TPSA) is 54.5 Å². The Morgan fingerprint density at radius 1 is 1.10 bits per heavy atom. The van der Waals surface area contributed by atoms with Crippen LogP contribution in [0, 0.1) is 9.39 Å². The lowest BCUT2D eigenvalue weighted by Crippen LogP contribution is -2.29. The summed E-state index contributed by atoms with van der Waals surface area (Å²) in [5, 5.41) is 0. The third kappa shape index (κ3) is 2.44. The molecule has 0 unspecified atom stereocenters. The van der Waals surface area contributed by atoms with E-state index in [-0.39, 0.29) is 17.0 Å². The molecule has 1 amide bonds. The average Bonchev–Trinajstić information content (AvgIpc) is 2.62. The Labute approximate surface area is 134 Å². The van der Waals surface area contributed by atoms with Crippen LogP contribution in [0.5, 0.6) is 0 Å². The van der Waals surface area contributed by atoms with Gasteiger partial charge in [-0.25, -0.2) is 17.1 Å². The summed E-state index contributed by atoms with van der Waals surface area (Å²) in [6.45, 7) is -0.104. The molecule has 1 aliphatic rings. The van der Waals surface area contributed by atoms with Crippen LogP contribution < -0.4 is 0 Å². The van der Waals surface area contributed by atoms with Gasteiger partial charge in [0.25, 0.3) is 15.9 Å². The van der Waals surface area contributed by atoms with Gasteiger partial charge in [-0.15, -0.1) is 0 Å². The van der Waals surface area contributed by atoms with Crippen molar-refractivity contribution in [3.63, 3.8) is 0 Å². The van der Waals surface area contributed by atoms with E-state index in [0.717, 1.165) is 7.88 Å². The van der Waals surface area contributed by atoms with E-state index in [1.54, 1.807) is 6.07 Å². The first-order chi connectivity index (χ1) is 9.89. The average molecular weight is 417 g/mol. The molecule has 0 aliphatic carbocycles. The number of benzene rings is 2. The van der Waals surface area contributed by atoms with Crippen LogP contribution in [0.15, 0.2) is 47.4 Å². The number of hydrogen-bond donors (Lipinski definition) is 0. The SMILES string of the molecule is O=C1c2ccc(I)cc2S(=O)(=O)N1Cc1ccc(F)cc1. The Kier molecular flexibility index (Phi) is 3.48. The zero-order valence-electron chi connectivity index (χ0n) is 10.6. The molecule has 0 N–H and O–H groups in total. The van der Waals surface area contributed by atoms with E-state index in [4.69, 9.17) is 0 Å². The van der Waals surface area contributed by atoms with Crippen molar-refractivity contribution in [1.82, 2.24) is 4.31 Å². The van der Waals surface area contributed by atoms with E-state index in [1.807, 2.05) is 22.6 Å². The van der Waals surface area contributed by atoms with Crippen LogP contribution in [0.4, 0.5) is 4.39 Å². The van der Waals surface area contributed by atoms with Crippen molar-refractivity contribution in [1.29, 1.82) is 0 Å². The summed E-state index contributed by atoms with van der Waals surface area (Å²) in [5.74, 6) is -0.960. The quantitative estimate of drug-likeness (QED) is 0.707. The maximum absolute atomic E-state index is 12.9. The molecule has 0 atom stereocenters. The predicted molar refractivity (Wildman–Crippen MR) is 82.6 cm³/mol. The van der Waals surface area contributed by atoms with Crippen molar-refractivity contribution in [3.8, 4) is 0 Å². The Morgan fingerprint density at radius 3 is 2.43 bits per heavy atom. The van der Waals surface area contributed by atoms with Crippen molar-refractivity contribution in [2.24, 2.45) is 0 Å². The monoisotopic (exact) mass is 417 g/mol. The first kappa shape index (κ1) is 14.5. The van der Waals surface area contributed by atoms with E-state index in [0.29, 0.717) is 5.56 Å². The Hall–Kier alpha value is -1.48. The van der Waals surface area contributed by atoms with E-state index < -0.39 is 21.7 Å². The highest BCUT2D eigenvalue weighted by molar-refractivity contribution is 14.1. The molecule has 0 saturated heterocycles. The van der Waals surface area contributed by atoms with E-state index in [2.05, 4.69) is 0 Å². The van der Waals surface area contributed by atoms with Gasteiger partial charge in [-0.2, -0.15) is 0 Å². The zero-order valence-corrected chi connectivity index (χ0v) is 13.6. The van der Waals surface area contributed by atoms with Crippen LogP contribution >= 0.6 is 22.6 Å². The molecular weight excluding hydrogens is 408 g/mol. The van der Waals surface area contributed by atoms with Gasteiger partial charge in [-0.05, 0) is 58.5 Å².